The Kier molecular flexibility index (Phi) is 2.12. The molecule has 17 heavy (non-hydrogen) atoms. The fourth-order valence-electron chi connectivity index (χ4n) is 4.96. The van der Waals surface area contributed by atoms with E-state index in [9.17, 15) is 0 Å². The predicted octanol–water partition coefficient (Wildman–Crippen LogP) is 2.91. The van der Waals surface area contributed by atoms with E-state index >= 15 is 0 Å². The third kappa shape index (κ3) is 1.47. The molecule has 3 nitrogen and oxygen atoms in total. The molecule has 0 amide bonds. The van der Waals surface area contributed by atoms with Crippen molar-refractivity contribution in [2.24, 2.45) is 23.7 Å². The summed E-state index contributed by atoms with van der Waals surface area (Å²) in [6.07, 6.45) is 8.30. The molecule has 1 aromatic rings. The van der Waals surface area contributed by atoms with Crippen molar-refractivity contribution in [1.29, 1.82) is 0 Å². The first-order chi connectivity index (χ1) is 8.33. The first-order valence-electron chi connectivity index (χ1n) is 7.24. The lowest BCUT2D eigenvalue weighted by molar-refractivity contribution is -0.00555. The second-order valence-electron chi connectivity index (χ2n) is 6.45. The van der Waals surface area contributed by atoms with Gasteiger partial charge < -0.3 is 0 Å². The second-order valence-corrected chi connectivity index (χ2v) is 6.45. The van der Waals surface area contributed by atoms with Crippen LogP contribution < -0.4 is 0 Å². The maximum Gasteiger partial charge on any atom is 0.154 e. The van der Waals surface area contributed by atoms with Gasteiger partial charge in [0.15, 0.2) is 5.82 Å². The molecule has 1 N–H and O–H groups in total. The smallest absolute Gasteiger partial charge is 0.154 e. The molecule has 1 aromatic heterocycles. The van der Waals surface area contributed by atoms with Gasteiger partial charge in [-0.15, -0.1) is 0 Å². The fourth-order valence-corrected chi connectivity index (χ4v) is 4.96. The van der Waals surface area contributed by atoms with Crippen molar-refractivity contribution < 1.29 is 0 Å². The van der Waals surface area contributed by atoms with E-state index in [1.165, 1.54) is 32.1 Å². The van der Waals surface area contributed by atoms with E-state index in [2.05, 4.69) is 17.1 Å². The Morgan fingerprint density at radius 2 is 1.71 bits per heavy atom. The van der Waals surface area contributed by atoms with Crippen LogP contribution in [0.1, 0.15) is 56.6 Å². The minimum atomic E-state index is 0.680. The number of nitrogens with one attached hydrogen (secondary N) is 1. The summed E-state index contributed by atoms with van der Waals surface area (Å²) in [6.45, 7) is 2.14. The third-order valence-corrected chi connectivity index (χ3v) is 5.41. The van der Waals surface area contributed by atoms with Crippen molar-refractivity contribution in [3.63, 3.8) is 0 Å². The van der Waals surface area contributed by atoms with Gasteiger partial charge in [0.1, 0.15) is 5.82 Å². The highest BCUT2D eigenvalue weighted by Gasteiger charge is 2.49. The van der Waals surface area contributed by atoms with Crippen molar-refractivity contribution in [2.75, 3.05) is 0 Å². The average molecular weight is 231 g/mol. The lowest BCUT2D eigenvalue weighted by Gasteiger charge is -2.53. The standard InChI is InChI=1S/C14H21N3/c1-2-12-15-14(17-16-12)13-10-4-8-3-9(6-10)7-11(13)5-8/h8-11,13H,2-7H2,1H3,(H,15,16,17). The average Bonchev–Trinajstić information content (AvgIpc) is 2.76. The van der Waals surface area contributed by atoms with Crippen molar-refractivity contribution in [3.8, 4) is 0 Å². The summed E-state index contributed by atoms with van der Waals surface area (Å²) in [6, 6.07) is 0. The SMILES string of the molecule is CCc1nc(C2C3CC4CC(C3)CC2C4)n[nH]1. The Labute approximate surface area is 102 Å². The van der Waals surface area contributed by atoms with Gasteiger partial charge in [-0.3, -0.25) is 5.10 Å². The van der Waals surface area contributed by atoms with Gasteiger partial charge in [-0.25, -0.2) is 4.98 Å². The van der Waals surface area contributed by atoms with Gasteiger partial charge in [0.2, 0.25) is 0 Å². The molecule has 5 rings (SSSR count). The van der Waals surface area contributed by atoms with Crippen LogP contribution >= 0.6 is 0 Å². The second kappa shape index (κ2) is 3.56. The predicted molar refractivity (Wildman–Crippen MR) is 65.5 cm³/mol. The molecule has 92 valence electrons. The van der Waals surface area contributed by atoms with Crippen LogP contribution in [0.2, 0.25) is 0 Å². The van der Waals surface area contributed by atoms with Crippen LogP contribution in [0.4, 0.5) is 0 Å². The molecule has 4 fully saturated rings. The highest BCUT2D eigenvalue weighted by atomic mass is 15.2. The minimum Gasteiger partial charge on any atom is -0.263 e. The lowest BCUT2D eigenvalue weighted by atomic mass is 9.52. The van der Waals surface area contributed by atoms with Crippen LogP contribution in [0.25, 0.3) is 0 Å². The highest BCUT2D eigenvalue weighted by Crippen LogP contribution is 2.59. The number of rotatable bonds is 2. The van der Waals surface area contributed by atoms with E-state index in [0.717, 1.165) is 41.7 Å². The number of aryl methyl sites for hydroxylation is 1. The number of hydrogen-bond acceptors (Lipinski definition) is 2. The molecular formula is C14H21N3. The Bertz CT molecular complexity index is 395. The maximum absolute atomic E-state index is 4.71. The third-order valence-electron chi connectivity index (χ3n) is 5.41. The van der Waals surface area contributed by atoms with E-state index in [1.807, 2.05) is 0 Å². The monoisotopic (exact) mass is 231 g/mol. The normalized spacial score (nSPS) is 43.2. The highest BCUT2D eigenvalue weighted by molar-refractivity contribution is 5.10. The first kappa shape index (κ1) is 10.1. The molecule has 0 saturated heterocycles. The Hall–Kier alpha value is -0.860. The maximum atomic E-state index is 4.71. The van der Waals surface area contributed by atoms with E-state index in [0.29, 0.717) is 5.92 Å². The van der Waals surface area contributed by atoms with Crippen LogP contribution in [0.15, 0.2) is 0 Å². The van der Waals surface area contributed by atoms with E-state index in [-0.39, 0.29) is 0 Å². The quantitative estimate of drug-likeness (QED) is 0.850. The Morgan fingerprint density at radius 1 is 1.06 bits per heavy atom. The van der Waals surface area contributed by atoms with Crippen LogP contribution in [-0.2, 0) is 6.42 Å². The summed E-state index contributed by atoms with van der Waals surface area (Å²) in [5.41, 5.74) is 0. The zero-order chi connectivity index (χ0) is 11.4. The van der Waals surface area contributed by atoms with E-state index in [1.54, 1.807) is 0 Å². The Balaban J connectivity index is 1.65. The largest absolute Gasteiger partial charge is 0.263 e. The minimum absolute atomic E-state index is 0.680. The molecule has 1 heterocycles. The number of aromatic nitrogens is 3. The van der Waals surface area contributed by atoms with E-state index < -0.39 is 0 Å². The van der Waals surface area contributed by atoms with Gasteiger partial charge in [-0.1, -0.05) is 6.92 Å². The molecule has 0 unspecified atom stereocenters. The van der Waals surface area contributed by atoms with Gasteiger partial charge in [-0.05, 0) is 55.8 Å². The molecule has 0 spiro atoms. The van der Waals surface area contributed by atoms with Crippen LogP contribution in [0, 0.1) is 23.7 Å². The first-order valence-corrected chi connectivity index (χ1v) is 7.24. The summed E-state index contributed by atoms with van der Waals surface area (Å²) >= 11 is 0. The van der Waals surface area contributed by atoms with Gasteiger partial charge >= 0.3 is 0 Å². The van der Waals surface area contributed by atoms with Crippen molar-refractivity contribution in [1.82, 2.24) is 15.2 Å². The van der Waals surface area contributed by atoms with Crippen LogP contribution in [0.5, 0.6) is 0 Å². The zero-order valence-electron chi connectivity index (χ0n) is 10.5. The summed E-state index contributed by atoms with van der Waals surface area (Å²) in [7, 11) is 0. The van der Waals surface area contributed by atoms with Gasteiger partial charge in [0.05, 0.1) is 0 Å². The molecule has 4 saturated carbocycles. The topological polar surface area (TPSA) is 41.6 Å². The fraction of sp³-hybridized carbons (Fsp3) is 0.857. The van der Waals surface area contributed by atoms with Gasteiger partial charge in [0, 0.05) is 12.3 Å². The molecular weight excluding hydrogens is 210 g/mol. The zero-order valence-corrected chi connectivity index (χ0v) is 10.5. The number of aromatic amines is 1. The molecule has 4 aliphatic carbocycles. The lowest BCUT2D eigenvalue weighted by Crippen LogP contribution is -2.44. The summed E-state index contributed by atoms with van der Waals surface area (Å²) in [4.78, 5) is 4.71. The summed E-state index contributed by atoms with van der Waals surface area (Å²) < 4.78 is 0. The number of H-pyrrole nitrogens is 1. The molecule has 4 bridgehead atoms. The molecule has 4 aliphatic rings. The van der Waals surface area contributed by atoms with Gasteiger partial charge in [0.25, 0.3) is 0 Å². The van der Waals surface area contributed by atoms with Crippen molar-refractivity contribution in [2.45, 2.75) is 51.4 Å². The van der Waals surface area contributed by atoms with Crippen molar-refractivity contribution in [3.05, 3.63) is 11.6 Å². The number of nitrogens with zero attached hydrogens (tertiary/aromatic N) is 2. The van der Waals surface area contributed by atoms with Gasteiger partial charge in [-0.2, -0.15) is 5.10 Å². The van der Waals surface area contributed by atoms with E-state index in [4.69, 9.17) is 4.98 Å². The van der Waals surface area contributed by atoms with Crippen molar-refractivity contribution >= 4 is 0 Å². The van der Waals surface area contributed by atoms with Crippen LogP contribution in [0.3, 0.4) is 0 Å². The molecule has 0 radical (unpaired) electrons. The molecule has 0 aliphatic heterocycles. The Morgan fingerprint density at radius 3 is 2.24 bits per heavy atom. The number of hydrogen-bond donors (Lipinski definition) is 1. The van der Waals surface area contributed by atoms with Crippen LogP contribution in [-0.4, -0.2) is 15.2 Å². The molecule has 0 atom stereocenters. The summed E-state index contributed by atoms with van der Waals surface area (Å²) in [5, 5.41) is 7.60. The molecule has 3 heteroatoms. The molecule has 0 aromatic carbocycles. The summed E-state index contributed by atoms with van der Waals surface area (Å²) in [5.74, 6) is 6.75.